The Morgan fingerprint density at radius 2 is 1.88 bits per heavy atom. The fraction of sp³-hybridized carbons (Fsp3) is 0.600. The van der Waals surface area contributed by atoms with Crippen LogP contribution >= 0.6 is 0 Å². The van der Waals surface area contributed by atoms with E-state index in [2.05, 4.69) is 52.8 Å². The van der Waals surface area contributed by atoms with Crippen molar-refractivity contribution in [1.29, 1.82) is 0 Å². The molecule has 0 atom stereocenters. The largest absolute Gasteiger partial charge is 0.488 e. The van der Waals surface area contributed by atoms with Crippen LogP contribution in [-0.4, -0.2) is 5.60 Å². The summed E-state index contributed by atoms with van der Waals surface area (Å²) in [7, 11) is 0. The van der Waals surface area contributed by atoms with Crippen molar-refractivity contribution in [2.24, 2.45) is 0 Å². The second kappa shape index (κ2) is 5.38. The molecule has 1 rings (SSSR count). The number of aryl methyl sites for hydroxylation is 2. The Morgan fingerprint density at radius 3 is 2.38 bits per heavy atom. The first-order valence-electron chi connectivity index (χ1n) is 6.21. The summed E-state index contributed by atoms with van der Waals surface area (Å²) in [6.45, 7) is 10.6. The van der Waals surface area contributed by atoms with Crippen molar-refractivity contribution in [2.45, 2.75) is 59.5 Å². The highest BCUT2D eigenvalue weighted by Crippen LogP contribution is 2.22. The molecule has 0 saturated carbocycles. The minimum atomic E-state index is -0.114. The lowest BCUT2D eigenvalue weighted by molar-refractivity contribution is 0.131. The average Bonchev–Trinajstić information content (AvgIpc) is 2.14. The Balaban J connectivity index is 2.74. The molecule has 0 fully saturated rings. The molecular formula is C15H24O. The van der Waals surface area contributed by atoms with Gasteiger partial charge in [0.15, 0.2) is 0 Å². The van der Waals surface area contributed by atoms with Gasteiger partial charge in [0, 0.05) is 0 Å². The van der Waals surface area contributed by atoms with Crippen LogP contribution < -0.4 is 4.74 Å². The summed E-state index contributed by atoms with van der Waals surface area (Å²) in [4.78, 5) is 0. The van der Waals surface area contributed by atoms with Crippen LogP contribution in [0.4, 0.5) is 0 Å². The van der Waals surface area contributed by atoms with Crippen molar-refractivity contribution < 1.29 is 4.74 Å². The standard InChI is InChI=1S/C15H24O/c1-6-7-8-13-9-10-14(11-12(13)2)16-15(3,4)5/h9-11H,6-8H2,1-5H3. The monoisotopic (exact) mass is 220 g/mol. The van der Waals surface area contributed by atoms with Crippen molar-refractivity contribution in [3.63, 3.8) is 0 Å². The summed E-state index contributed by atoms with van der Waals surface area (Å²) in [6, 6.07) is 6.44. The molecule has 0 N–H and O–H groups in total. The van der Waals surface area contributed by atoms with Gasteiger partial charge in [0.2, 0.25) is 0 Å². The zero-order valence-corrected chi connectivity index (χ0v) is 11.3. The third-order valence-electron chi connectivity index (χ3n) is 2.54. The van der Waals surface area contributed by atoms with E-state index in [1.807, 2.05) is 0 Å². The molecule has 1 aromatic rings. The van der Waals surface area contributed by atoms with Gasteiger partial charge in [0.05, 0.1) is 0 Å². The molecule has 1 nitrogen and oxygen atoms in total. The van der Waals surface area contributed by atoms with Gasteiger partial charge in [0.1, 0.15) is 11.4 Å². The van der Waals surface area contributed by atoms with Crippen molar-refractivity contribution in [3.8, 4) is 5.75 Å². The summed E-state index contributed by atoms with van der Waals surface area (Å²) in [5, 5.41) is 0. The molecule has 0 unspecified atom stereocenters. The normalized spacial score (nSPS) is 11.6. The highest BCUT2D eigenvalue weighted by atomic mass is 16.5. The maximum absolute atomic E-state index is 5.84. The van der Waals surface area contributed by atoms with E-state index in [1.165, 1.54) is 30.4 Å². The first-order valence-corrected chi connectivity index (χ1v) is 6.21. The van der Waals surface area contributed by atoms with Crippen LogP contribution in [0.5, 0.6) is 5.75 Å². The molecule has 1 aromatic carbocycles. The molecule has 16 heavy (non-hydrogen) atoms. The highest BCUT2D eigenvalue weighted by Gasteiger charge is 2.12. The number of unbranched alkanes of at least 4 members (excludes halogenated alkanes) is 1. The molecule has 0 aliphatic carbocycles. The summed E-state index contributed by atoms with van der Waals surface area (Å²) in [6.07, 6.45) is 3.69. The summed E-state index contributed by atoms with van der Waals surface area (Å²) in [5.41, 5.74) is 2.68. The molecule has 0 aliphatic heterocycles. The van der Waals surface area contributed by atoms with Gasteiger partial charge in [-0.3, -0.25) is 0 Å². The minimum absolute atomic E-state index is 0.114. The van der Waals surface area contributed by atoms with Crippen LogP contribution in [0.25, 0.3) is 0 Å². The van der Waals surface area contributed by atoms with Gasteiger partial charge >= 0.3 is 0 Å². The third kappa shape index (κ3) is 4.26. The van der Waals surface area contributed by atoms with Gasteiger partial charge in [0.25, 0.3) is 0 Å². The Morgan fingerprint density at radius 1 is 1.19 bits per heavy atom. The first kappa shape index (κ1) is 13.1. The third-order valence-corrected chi connectivity index (χ3v) is 2.54. The number of hydrogen-bond acceptors (Lipinski definition) is 1. The van der Waals surface area contributed by atoms with Crippen LogP contribution in [0.15, 0.2) is 18.2 Å². The van der Waals surface area contributed by atoms with E-state index in [1.54, 1.807) is 0 Å². The van der Waals surface area contributed by atoms with Crippen LogP contribution in [-0.2, 0) is 6.42 Å². The molecule has 0 spiro atoms. The van der Waals surface area contributed by atoms with Gasteiger partial charge < -0.3 is 4.74 Å². The molecule has 0 bridgehead atoms. The second-order valence-corrected chi connectivity index (χ2v) is 5.41. The number of rotatable bonds is 4. The van der Waals surface area contributed by atoms with Crippen LogP contribution in [0.3, 0.4) is 0 Å². The van der Waals surface area contributed by atoms with Gasteiger partial charge in [-0.05, 0) is 63.8 Å². The van der Waals surface area contributed by atoms with E-state index >= 15 is 0 Å². The maximum atomic E-state index is 5.84. The summed E-state index contributed by atoms with van der Waals surface area (Å²) in [5.74, 6) is 0.977. The van der Waals surface area contributed by atoms with E-state index in [4.69, 9.17) is 4.74 Å². The van der Waals surface area contributed by atoms with Crippen molar-refractivity contribution in [3.05, 3.63) is 29.3 Å². The molecule has 0 heterocycles. The van der Waals surface area contributed by atoms with Crippen LogP contribution in [0.1, 0.15) is 51.7 Å². The molecule has 90 valence electrons. The van der Waals surface area contributed by atoms with Crippen molar-refractivity contribution >= 4 is 0 Å². The number of benzene rings is 1. The molecule has 0 amide bonds. The zero-order valence-electron chi connectivity index (χ0n) is 11.3. The molecular weight excluding hydrogens is 196 g/mol. The molecule has 0 aliphatic rings. The lowest BCUT2D eigenvalue weighted by Gasteiger charge is -2.22. The van der Waals surface area contributed by atoms with E-state index in [-0.39, 0.29) is 5.60 Å². The van der Waals surface area contributed by atoms with E-state index in [0.717, 1.165) is 5.75 Å². The second-order valence-electron chi connectivity index (χ2n) is 5.41. The van der Waals surface area contributed by atoms with E-state index in [0.29, 0.717) is 0 Å². The Labute approximate surface area is 99.8 Å². The minimum Gasteiger partial charge on any atom is -0.488 e. The maximum Gasteiger partial charge on any atom is 0.120 e. The van der Waals surface area contributed by atoms with Gasteiger partial charge in [-0.1, -0.05) is 19.4 Å². The summed E-state index contributed by atoms with van der Waals surface area (Å²) < 4.78 is 5.84. The fourth-order valence-electron chi connectivity index (χ4n) is 1.73. The quantitative estimate of drug-likeness (QED) is 0.725. The summed E-state index contributed by atoms with van der Waals surface area (Å²) >= 11 is 0. The molecule has 0 saturated heterocycles. The van der Waals surface area contributed by atoms with Crippen LogP contribution in [0.2, 0.25) is 0 Å². The SMILES string of the molecule is CCCCc1ccc(OC(C)(C)C)cc1C. The Bertz CT molecular complexity index is 334. The molecule has 0 radical (unpaired) electrons. The lowest BCUT2D eigenvalue weighted by Crippen LogP contribution is -2.22. The number of hydrogen-bond donors (Lipinski definition) is 0. The first-order chi connectivity index (χ1) is 7.42. The molecule has 1 heteroatoms. The van der Waals surface area contributed by atoms with E-state index in [9.17, 15) is 0 Å². The molecule has 0 aromatic heterocycles. The highest BCUT2D eigenvalue weighted by molar-refractivity contribution is 5.35. The zero-order chi connectivity index (χ0) is 12.2. The average molecular weight is 220 g/mol. The Kier molecular flexibility index (Phi) is 4.40. The topological polar surface area (TPSA) is 9.23 Å². The smallest absolute Gasteiger partial charge is 0.120 e. The Hall–Kier alpha value is -0.980. The van der Waals surface area contributed by atoms with Gasteiger partial charge in [-0.2, -0.15) is 0 Å². The lowest BCUT2D eigenvalue weighted by atomic mass is 10.0. The van der Waals surface area contributed by atoms with Gasteiger partial charge in [-0.25, -0.2) is 0 Å². The van der Waals surface area contributed by atoms with Gasteiger partial charge in [-0.15, -0.1) is 0 Å². The van der Waals surface area contributed by atoms with Crippen LogP contribution in [0, 0.1) is 6.92 Å². The number of ether oxygens (including phenoxy) is 1. The predicted molar refractivity (Wildman–Crippen MR) is 70.2 cm³/mol. The van der Waals surface area contributed by atoms with Crippen molar-refractivity contribution in [1.82, 2.24) is 0 Å². The predicted octanol–water partition coefficient (Wildman–Crippen LogP) is 4.51. The van der Waals surface area contributed by atoms with Crippen molar-refractivity contribution in [2.75, 3.05) is 0 Å². The van der Waals surface area contributed by atoms with E-state index < -0.39 is 0 Å². The fourth-order valence-corrected chi connectivity index (χ4v) is 1.73.